The van der Waals surface area contributed by atoms with Crippen LogP contribution in [0.1, 0.15) is 16.1 Å². The van der Waals surface area contributed by atoms with Crippen LogP contribution in [0.25, 0.3) is 0 Å². The van der Waals surface area contributed by atoms with Gasteiger partial charge < -0.3 is 0 Å². The van der Waals surface area contributed by atoms with Crippen LogP contribution in [0.15, 0.2) is 17.5 Å². The van der Waals surface area contributed by atoms with Crippen LogP contribution < -0.4 is 0 Å². The Balaban J connectivity index is 2.59. The Hall–Kier alpha value is -1.17. The second kappa shape index (κ2) is 5.06. The molecule has 6 heteroatoms. The summed E-state index contributed by atoms with van der Waals surface area (Å²) >= 11 is 1.01. The Morgan fingerprint density at radius 2 is 2.00 bits per heavy atom. The summed E-state index contributed by atoms with van der Waals surface area (Å²) in [6, 6.07) is 2.94. The highest BCUT2D eigenvalue weighted by Gasteiger charge is 2.27. The average Bonchev–Trinajstić information content (AvgIpc) is 2.68. The molecule has 0 bridgehead atoms. The minimum Gasteiger partial charge on any atom is -0.290 e. The van der Waals surface area contributed by atoms with Crippen molar-refractivity contribution in [2.75, 3.05) is 0 Å². The number of alkyl halides is 3. The highest BCUT2D eigenvalue weighted by molar-refractivity contribution is 7.13. The molecule has 0 N–H and O–H groups in total. The van der Waals surface area contributed by atoms with Gasteiger partial charge in [-0.05, 0) is 11.4 Å². The molecule has 0 aliphatic heterocycles. The molecule has 1 heterocycles. The number of Topliss-reactive ketones (excluding diaryl/α,β-unsaturated/α-hetero) is 2. The predicted octanol–water partition coefficient (Wildman–Crippen LogP) is 2.49. The number of rotatable bonds is 5. The Kier molecular flexibility index (Phi) is 4.02. The molecule has 82 valence electrons. The first-order valence-corrected chi connectivity index (χ1v) is 4.93. The number of ketones is 2. The first-order chi connectivity index (χ1) is 7.02. The van der Waals surface area contributed by atoms with Gasteiger partial charge in [-0.2, -0.15) is 0 Å². The van der Waals surface area contributed by atoms with Crippen molar-refractivity contribution < 1.29 is 22.8 Å². The summed E-state index contributed by atoms with van der Waals surface area (Å²) in [5.41, 5.74) is 0. The van der Waals surface area contributed by atoms with Gasteiger partial charge in [-0.3, -0.25) is 9.59 Å². The van der Waals surface area contributed by atoms with Gasteiger partial charge in [0.1, 0.15) is 0 Å². The molecule has 0 radical (unpaired) electrons. The van der Waals surface area contributed by atoms with E-state index in [0.29, 0.717) is 0 Å². The van der Waals surface area contributed by atoms with Crippen LogP contribution in [0.2, 0.25) is 0 Å². The summed E-state index contributed by atoms with van der Waals surface area (Å²) in [4.78, 5) is 22.4. The molecule has 1 rings (SSSR count). The minimum absolute atomic E-state index is 0.140. The lowest BCUT2D eigenvalue weighted by atomic mass is 10.1. The molecule has 0 spiro atoms. The fourth-order valence-corrected chi connectivity index (χ4v) is 1.59. The Bertz CT molecular complexity index is 348. The maximum Gasteiger partial charge on any atom is 0.269 e. The number of hydrogen-bond acceptors (Lipinski definition) is 3. The van der Waals surface area contributed by atoms with Crippen molar-refractivity contribution in [2.24, 2.45) is 0 Å². The Morgan fingerprint density at radius 3 is 2.47 bits per heavy atom. The van der Waals surface area contributed by atoms with Crippen molar-refractivity contribution in [3.8, 4) is 0 Å². The maximum absolute atomic E-state index is 12.5. The second-order valence-electron chi connectivity index (χ2n) is 2.78. The van der Waals surface area contributed by atoms with E-state index in [0.717, 1.165) is 11.3 Å². The molecule has 2 nitrogen and oxygen atoms in total. The van der Waals surface area contributed by atoms with E-state index in [-0.39, 0.29) is 4.88 Å². The fourth-order valence-electron chi connectivity index (χ4n) is 0.904. The number of carbonyl (C=O) groups excluding carboxylic acids is 2. The lowest BCUT2D eigenvalue weighted by molar-refractivity contribution is -0.117. The smallest absolute Gasteiger partial charge is 0.269 e. The highest BCUT2D eigenvalue weighted by atomic mass is 32.1. The SMILES string of the molecule is O=C(CC(F)C(F)F)C(=O)c1cccs1. The topological polar surface area (TPSA) is 34.1 Å². The number of halogens is 3. The Morgan fingerprint density at radius 1 is 1.33 bits per heavy atom. The molecule has 1 aromatic rings. The predicted molar refractivity (Wildman–Crippen MR) is 49.2 cm³/mol. The summed E-state index contributed by atoms with van der Waals surface area (Å²) in [7, 11) is 0. The van der Waals surface area contributed by atoms with Crippen molar-refractivity contribution in [3.05, 3.63) is 22.4 Å². The van der Waals surface area contributed by atoms with Crippen molar-refractivity contribution in [1.82, 2.24) is 0 Å². The third-order valence-electron chi connectivity index (χ3n) is 1.65. The van der Waals surface area contributed by atoms with Crippen molar-refractivity contribution in [3.63, 3.8) is 0 Å². The van der Waals surface area contributed by atoms with E-state index in [1.807, 2.05) is 0 Å². The molecular weight excluding hydrogens is 229 g/mol. The lowest BCUT2D eigenvalue weighted by Crippen LogP contribution is -2.22. The zero-order valence-corrected chi connectivity index (χ0v) is 8.27. The normalized spacial score (nSPS) is 12.8. The van der Waals surface area contributed by atoms with E-state index in [2.05, 4.69) is 0 Å². The van der Waals surface area contributed by atoms with Crippen LogP contribution in [0.4, 0.5) is 13.2 Å². The zero-order valence-electron chi connectivity index (χ0n) is 7.45. The van der Waals surface area contributed by atoms with Crippen LogP contribution in [0.5, 0.6) is 0 Å². The van der Waals surface area contributed by atoms with E-state index >= 15 is 0 Å². The van der Waals surface area contributed by atoms with Gasteiger partial charge in [0.2, 0.25) is 11.6 Å². The monoisotopic (exact) mass is 236 g/mol. The highest BCUT2D eigenvalue weighted by Crippen LogP contribution is 2.14. The first-order valence-electron chi connectivity index (χ1n) is 4.05. The molecule has 0 saturated carbocycles. The van der Waals surface area contributed by atoms with Crippen molar-refractivity contribution in [1.29, 1.82) is 0 Å². The van der Waals surface area contributed by atoms with E-state index in [4.69, 9.17) is 0 Å². The lowest BCUT2D eigenvalue weighted by Gasteiger charge is -2.03. The quantitative estimate of drug-likeness (QED) is 0.581. The first kappa shape index (κ1) is 11.9. The van der Waals surface area contributed by atoms with Gasteiger partial charge >= 0.3 is 0 Å². The molecule has 0 amide bonds. The van der Waals surface area contributed by atoms with E-state index in [9.17, 15) is 22.8 Å². The summed E-state index contributed by atoms with van der Waals surface area (Å²) < 4.78 is 36.0. The molecule has 1 unspecified atom stereocenters. The molecular formula is C9H7F3O2S. The summed E-state index contributed by atoms with van der Waals surface area (Å²) in [5, 5.41) is 1.57. The van der Waals surface area contributed by atoms with Gasteiger partial charge in [0, 0.05) is 0 Å². The summed E-state index contributed by atoms with van der Waals surface area (Å²) in [5.74, 6) is -2.03. The number of hydrogen-bond donors (Lipinski definition) is 0. The van der Waals surface area contributed by atoms with Gasteiger partial charge in [-0.25, -0.2) is 13.2 Å². The molecule has 15 heavy (non-hydrogen) atoms. The standard InChI is InChI=1S/C9H7F3O2S/c10-5(9(11)12)4-6(13)8(14)7-2-1-3-15-7/h1-3,5,9H,4H2. The molecule has 1 atom stereocenters. The molecule has 0 saturated heterocycles. The van der Waals surface area contributed by atoms with Gasteiger partial charge in [0.25, 0.3) is 6.43 Å². The molecule has 1 aromatic heterocycles. The molecule has 0 aliphatic rings. The van der Waals surface area contributed by atoms with E-state index in [1.54, 1.807) is 11.4 Å². The second-order valence-corrected chi connectivity index (χ2v) is 3.73. The van der Waals surface area contributed by atoms with Crippen molar-refractivity contribution in [2.45, 2.75) is 19.0 Å². The van der Waals surface area contributed by atoms with Crippen LogP contribution in [0, 0.1) is 0 Å². The third kappa shape index (κ3) is 3.16. The van der Waals surface area contributed by atoms with Gasteiger partial charge in [-0.15, -0.1) is 11.3 Å². The van der Waals surface area contributed by atoms with E-state index < -0.39 is 30.6 Å². The number of carbonyl (C=O) groups is 2. The van der Waals surface area contributed by atoms with Crippen LogP contribution >= 0.6 is 11.3 Å². The summed E-state index contributed by atoms with van der Waals surface area (Å²) in [6.45, 7) is 0. The number of thiophene rings is 1. The molecule has 0 aliphatic carbocycles. The van der Waals surface area contributed by atoms with Gasteiger partial charge in [0.05, 0.1) is 11.3 Å². The maximum atomic E-state index is 12.5. The van der Waals surface area contributed by atoms with Crippen LogP contribution in [-0.4, -0.2) is 24.2 Å². The molecule has 0 fully saturated rings. The fraction of sp³-hybridized carbons (Fsp3) is 0.333. The summed E-state index contributed by atoms with van der Waals surface area (Å²) in [6.07, 6.45) is -6.86. The van der Waals surface area contributed by atoms with E-state index in [1.165, 1.54) is 6.07 Å². The van der Waals surface area contributed by atoms with Crippen LogP contribution in [-0.2, 0) is 4.79 Å². The molecule has 0 aromatic carbocycles. The zero-order chi connectivity index (χ0) is 11.4. The minimum atomic E-state index is -3.23. The average molecular weight is 236 g/mol. The van der Waals surface area contributed by atoms with Gasteiger partial charge in [0.15, 0.2) is 6.17 Å². The van der Waals surface area contributed by atoms with Gasteiger partial charge in [-0.1, -0.05) is 6.07 Å². The largest absolute Gasteiger partial charge is 0.290 e. The van der Waals surface area contributed by atoms with Crippen molar-refractivity contribution >= 4 is 22.9 Å². The Labute approximate surface area is 87.7 Å². The van der Waals surface area contributed by atoms with Crippen LogP contribution in [0.3, 0.4) is 0 Å². The third-order valence-corrected chi connectivity index (χ3v) is 2.52.